The smallest absolute Gasteiger partial charge is 0.0821 e. The second-order valence-electron chi connectivity index (χ2n) is 4.58. The first-order valence-corrected chi connectivity index (χ1v) is 6.06. The Morgan fingerprint density at radius 1 is 1.12 bits per heavy atom. The average Bonchev–Trinajstić information content (AvgIpc) is 2.99. The van der Waals surface area contributed by atoms with Gasteiger partial charge in [-0.05, 0) is 31.0 Å². The summed E-state index contributed by atoms with van der Waals surface area (Å²) in [5.41, 5.74) is 1.16. The zero-order chi connectivity index (χ0) is 10.8. The van der Waals surface area contributed by atoms with Gasteiger partial charge in [0.05, 0.1) is 18.3 Å². The van der Waals surface area contributed by atoms with E-state index in [0.717, 1.165) is 12.2 Å². The summed E-state index contributed by atoms with van der Waals surface area (Å²) in [4.78, 5) is 0. The van der Waals surface area contributed by atoms with Crippen molar-refractivity contribution in [1.82, 2.24) is 14.3 Å². The Morgan fingerprint density at radius 2 is 1.88 bits per heavy atom. The molecule has 0 atom stereocenters. The molecule has 16 heavy (non-hydrogen) atoms. The molecule has 0 radical (unpaired) electrons. The molecule has 1 aliphatic rings. The number of hydrogen-bond acceptors (Lipinski definition) is 1. The number of hydrogen-bond donors (Lipinski definition) is 0. The van der Waals surface area contributed by atoms with Gasteiger partial charge in [-0.1, -0.05) is 12.8 Å². The Kier molecular flexibility index (Phi) is 2.52. The molecular formula is C13H17N3. The molecule has 0 amide bonds. The van der Waals surface area contributed by atoms with Crippen molar-refractivity contribution in [3.05, 3.63) is 42.5 Å². The largest absolute Gasteiger partial charge is 0.348 e. The molecule has 84 valence electrons. The molecule has 3 nitrogen and oxygen atoms in total. The molecule has 0 bridgehead atoms. The third-order valence-corrected chi connectivity index (χ3v) is 3.37. The highest BCUT2D eigenvalue weighted by atomic mass is 15.3. The molecule has 0 aliphatic heterocycles. The highest BCUT2D eigenvalue weighted by Crippen LogP contribution is 2.28. The normalized spacial score (nSPS) is 17.0. The number of aromatic nitrogens is 3. The van der Waals surface area contributed by atoms with E-state index in [9.17, 15) is 0 Å². The van der Waals surface area contributed by atoms with Gasteiger partial charge in [-0.3, -0.25) is 4.68 Å². The number of rotatable bonds is 3. The molecule has 0 N–H and O–H groups in total. The van der Waals surface area contributed by atoms with Gasteiger partial charge in [0.1, 0.15) is 0 Å². The van der Waals surface area contributed by atoms with Crippen LogP contribution >= 0.6 is 0 Å². The molecule has 0 spiro atoms. The quantitative estimate of drug-likeness (QED) is 0.772. The van der Waals surface area contributed by atoms with E-state index in [4.69, 9.17) is 0 Å². The summed E-state index contributed by atoms with van der Waals surface area (Å²) < 4.78 is 4.31. The lowest BCUT2D eigenvalue weighted by Gasteiger charge is -2.08. The lowest BCUT2D eigenvalue weighted by Crippen LogP contribution is -2.06. The molecule has 3 rings (SSSR count). The van der Waals surface area contributed by atoms with Crippen LogP contribution in [0.2, 0.25) is 0 Å². The Hall–Kier alpha value is -1.51. The summed E-state index contributed by atoms with van der Waals surface area (Å²) >= 11 is 0. The van der Waals surface area contributed by atoms with Crippen LogP contribution in [0.15, 0.2) is 36.8 Å². The van der Waals surface area contributed by atoms with Crippen molar-refractivity contribution in [2.24, 2.45) is 0 Å². The van der Waals surface area contributed by atoms with Crippen molar-refractivity contribution in [1.29, 1.82) is 0 Å². The monoisotopic (exact) mass is 215 g/mol. The van der Waals surface area contributed by atoms with E-state index >= 15 is 0 Å². The Labute approximate surface area is 95.7 Å². The predicted octanol–water partition coefficient (Wildman–Crippen LogP) is 2.85. The third-order valence-electron chi connectivity index (χ3n) is 3.37. The lowest BCUT2D eigenvalue weighted by atomic mass is 10.3. The van der Waals surface area contributed by atoms with Crippen LogP contribution in [-0.4, -0.2) is 14.3 Å². The molecular weight excluding hydrogens is 198 g/mol. The van der Waals surface area contributed by atoms with Crippen LogP contribution in [0.1, 0.15) is 37.4 Å². The molecule has 1 aliphatic carbocycles. The first kappa shape index (κ1) is 9.70. The van der Waals surface area contributed by atoms with E-state index in [2.05, 4.69) is 39.0 Å². The zero-order valence-corrected chi connectivity index (χ0v) is 9.42. The van der Waals surface area contributed by atoms with Crippen LogP contribution in [-0.2, 0) is 6.54 Å². The van der Waals surface area contributed by atoms with Gasteiger partial charge >= 0.3 is 0 Å². The second kappa shape index (κ2) is 4.16. The Bertz CT molecular complexity index is 435. The van der Waals surface area contributed by atoms with Crippen molar-refractivity contribution < 1.29 is 0 Å². The average molecular weight is 215 g/mol. The molecule has 0 saturated heterocycles. The number of nitrogens with zero attached hydrogens (tertiary/aromatic N) is 3. The molecule has 0 aromatic carbocycles. The first-order chi connectivity index (χ1) is 7.92. The second-order valence-corrected chi connectivity index (χ2v) is 4.58. The van der Waals surface area contributed by atoms with E-state index in [1.54, 1.807) is 0 Å². The highest BCUT2D eigenvalue weighted by molar-refractivity contribution is 5.03. The summed E-state index contributed by atoms with van der Waals surface area (Å²) in [6, 6.07) is 6.89. The van der Waals surface area contributed by atoms with Crippen LogP contribution in [0.4, 0.5) is 0 Å². The maximum atomic E-state index is 4.66. The Balaban J connectivity index is 1.72. The van der Waals surface area contributed by atoms with Gasteiger partial charge in [0.15, 0.2) is 0 Å². The minimum atomic E-state index is 0.651. The maximum Gasteiger partial charge on any atom is 0.0821 e. The van der Waals surface area contributed by atoms with Gasteiger partial charge in [0, 0.05) is 18.6 Å². The predicted molar refractivity (Wildman–Crippen MR) is 63.3 cm³/mol. The summed E-state index contributed by atoms with van der Waals surface area (Å²) in [6.07, 6.45) is 11.6. The first-order valence-electron chi connectivity index (χ1n) is 6.06. The van der Waals surface area contributed by atoms with E-state index in [1.165, 1.54) is 25.7 Å². The Morgan fingerprint density at radius 3 is 2.62 bits per heavy atom. The molecule has 1 fully saturated rings. The van der Waals surface area contributed by atoms with E-state index in [0.29, 0.717) is 6.04 Å². The molecule has 2 heterocycles. The summed E-state index contributed by atoms with van der Waals surface area (Å²) in [5, 5.41) is 4.66. The van der Waals surface area contributed by atoms with Gasteiger partial charge in [-0.15, -0.1) is 0 Å². The standard InChI is InChI=1S/C13H17N3/c1-2-6-13(5-1)16-10-7-12(14-16)11-15-8-3-4-9-15/h3-4,7-10,13H,1-2,5-6,11H2. The molecule has 3 heteroatoms. The summed E-state index contributed by atoms with van der Waals surface area (Å²) in [7, 11) is 0. The van der Waals surface area contributed by atoms with Crippen molar-refractivity contribution in [2.75, 3.05) is 0 Å². The molecule has 0 unspecified atom stereocenters. The van der Waals surface area contributed by atoms with Crippen LogP contribution in [0.5, 0.6) is 0 Å². The topological polar surface area (TPSA) is 22.8 Å². The highest BCUT2D eigenvalue weighted by Gasteiger charge is 2.17. The van der Waals surface area contributed by atoms with Crippen molar-refractivity contribution in [2.45, 2.75) is 38.3 Å². The van der Waals surface area contributed by atoms with E-state index < -0.39 is 0 Å². The SMILES string of the molecule is c1ccn(Cc2ccn(C3CCCC3)n2)c1. The van der Waals surface area contributed by atoms with E-state index in [-0.39, 0.29) is 0 Å². The van der Waals surface area contributed by atoms with Crippen molar-refractivity contribution in [3.63, 3.8) is 0 Å². The fourth-order valence-corrected chi connectivity index (χ4v) is 2.50. The summed E-state index contributed by atoms with van der Waals surface area (Å²) in [6.45, 7) is 0.882. The molecule has 2 aromatic rings. The van der Waals surface area contributed by atoms with Gasteiger partial charge in [-0.25, -0.2) is 0 Å². The van der Waals surface area contributed by atoms with Gasteiger partial charge < -0.3 is 4.57 Å². The minimum Gasteiger partial charge on any atom is -0.348 e. The van der Waals surface area contributed by atoms with Gasteiger partial charge in [0.2, 0.25) is 0 Å². The fraction of sp³-hybridized carbons (Fsp3) is 0.462. The molecule has 1 saturated carbocycles. The summed E-state index contributed by atoms with van der Waals surface area (Å²) in [5.74, 6) is 0. The maximum absolute atomic E-state index is 4.66. The lowest BCUT2D eigenvalue weighted by molar-refractivity contribution is 0.461. The minimum absolute atomic E-state index is 0.651. The van der Waals surface area contributed by atoms with Crippen LogP contribution in [0.25, 0.3) is 0 Å². The van der Waals surface area contributed by atoms with Crippen molar-refractivity contribution >= 4 is 0 Å². The van der Waals surface area contributed by atoms with Crippen molar-refractivity contribution in [3.8, 4) is 0 Å². The van der Waals surface area contributed by atoms with Gasteiger partial charge in [-0.2, -0.15) is 5.10 Å². The van der Waals surface area contributed by atoms with Crippen LogP contribution in [0.3, 0.4) is 0 Å². The molecule has 2 aromatic heterocycles. The van der Waals surface area contributed by atoms with Gasteiger partial charge in [0.25, 0.3) is 0 Å². The zero-order valence-electron chi connectivity index (χ0n) is 9.42. The van der Waals surface area contributed by atoms with Crippen LogP contribution in [0, 0.1) is 0 Å². The van der Waals surface area contributed by atoms with Crippen LogP contribution < -0.4 is 0 Å². The fourth-order valence-electron chi connectivity index (χ4n) is 2.50. The third kappa shape index (κ3) is 1.90. The van der Waals surface area contributed by atoms with E-state index in [1.807, 2.05) is 12.1 Å².